The van der Waals surface area contributed by atoms with Crippen molar-refractivity contribution in [3.63, 3.8) is 0 Å². The normalized spacial score (nSPS) is 23.8. The summed E-state index contributed by atoms with van der Waals surface area (Å²) in [6, 6.07) is 11.8. The van der Waals surface area contributed by atoms with Crippen molar-refractivity contribution in [1.29, 1.82) is 0 Å². The molecule has 1 N–H and O–H groups in total. The number of Topliss-reactive ketones (excluding diaryl/α,β-unsaturated/α-hetero) is 1. The summed E-state index contributed by atoms with van der Waals surface area (Å²) in [4.78, 5) is 18.7. The van der Waals surface area contributed by atoms with Gasteiger partial charge in [0.25, 0.3) is 0 Å². The molecule has 7 heteroatoms. The highest BCUT2D eigenvalue weighted by Crippen LogP contribution is 2.45. The van der Waals surface area contributed by atoms with Crippen LogP contribution in [0, 0.1) is 5.92 Å². The SMILES string of the molecule is COc1ccc([C@@H]2C=C3Nc4ncnn4[C@H](c4cccs4)[C@H]3C(=O)C2)cc1. The Morgan fingerprint density at radius 1 is 1.26 bits per heavy atom. The first-order valence-corrected chi connectivity index (χ1v) is 9.71. The van der Waals surface area contributed by atoms with Gasteiger partial charge in [-0.25, -0.2) is 4.68 Å². The second-order valence-electron chi connectivity index (χ2n) is 6.76. The summed E-state index contributed by atoms with van der Waals surface area (Å²) in [6.45, 7) is 0. The summed E-state index contributed by atoms with van der Waals surface area (Å²) in [6.07, 6.45) is 4.19. The highest BCUT2D eigenvalue weighted by molar-refractivity contribution is 7.10. The third kappa shape index (κ3) is 2.66. The van der Waals surface area contributed by atoms with Gasteiger partial charge in [0.1, 0.15) is 23.9 Å². The zero-order valence-electron chi connectivity index (χ0n) is 14.7. The Bertz CT molecular complexity index is 1010. The second kappa shape index (κ2) is 6.35. The van der Waals surface area contributed by atoms with E-state index in [1.165, 1.54) is 6.33 Å². The van der Waals surface area contributed by atoms with Crippen LogP contribution in [0.15, 0.2) is 59.9 Å². The molecule has 5 rings (SSSR count). The van der Waals surface area contributed by atoms with Gasteiger partial charge in [0.15, 0.2) is 0 Å². The van der Waals surface area contributed by atoms with Crippen LogP contribution >= 0.6 is 11.3 Å². The molecule has 0 fully saturated rings. The predicted molar refractivity (Wildman–Crippen MR) is 103 cm³/mol. The van der Waals surface area contributed by atoms with E-state index in [0.717, 1.165) is 21.9 Å². The largest absolute Gasteiger partial charge is 0.497 e. The third-order valence-corrected chi connectivity index (χ3v) is 6.21. The minimum absolute atomic E-state index is 0.0422. The maximum atomic E-state index is 13.2. The second-order valence-corrected chi connectivity index (χ2v) is 7.74. The molecule has 0 spiro atoms. The zero-order valence-corrected chi connectivity index (χ0v) is 15.5. The van der Waals surface area contributed by atoms with E-state index < -0.39 is 0 Å². The van der Waals surface area contributed by atoms with Crippen LogP contribution in [0.25, 0.3) is 0 Å². The number of ketones is 1. The van der Waals surface area contributed by atoms with Crippen molar-refractivity contribution >= 4 is 23.1 Å². The fourth-order valence-corrected chi connectivity index (χ4v) is 4.83. The molecule has 1 aliphatic heterocycles. The van der Waals surface area contributed by atoms with Crippen LogP contribution < -0.4 is 10.1 Å². The Balaban J connectivity index is 1.57. The van der Waals surface area contributed by atoms with E-state index in [1.807, 2.05) is 40.4 Å². The third-order valence-electron chi connectivity index (χ3n) is 5.27. The van der Waals surface area contributed by atoms with Crippen LogP contribution in [0.2, 0.25) is 0 Å². The van der Waals surface area contributed by atoms with Gasteiger partial charge < -0.3 is 10.1 Å². The molecule has 0 unspecified atom stereocenters. The molecule has 0 saturated heterocycles. The topological polar surface area (TPSA) is 69.0 Å². The minimum Gasteiger partial charge on any atom is -0.497 e. The van der Waals surface area contributed by atoms with E-state index in [9.17, 15) is 4.79 Å². The van der Waals surface area contributed by atoms with E-state index in [4.69, 9.17) is 4.74 Å². The zero-order chi connectivity index (χ0) is 18.4. The Morgan fingerprint density at radius 3 is 2.85 bits per heavy atom. The fourth-order valence-electron chi connectivity index (χ4n) is 3.99. The van der Waals surface area contributed by atoms with E-state index in [1.54, 1.807) is 18.4 Å². The smallest absolute Gasteiger partial charge is 0.226 e. The highest BCUT2D eigenvalue weighted by Gasteiger charge is 2.43. The van der Waals surface area contributed by atoms with Gasteiger partial charge in [-0.3, -0.25) is 4.79 Å². The van der Waals surface area contributed by atoms with E-state index in [0.29, 0.717) is 12.4 Å². The van der Waals surface area contributed by atoms with Crippen molar-refractivity contribution in [1.82, 2.24) is 14.8 Å². The number of nitrogens with one attached hydrogen (secondary N) is 1. The Hall–Kier alpha value is -2.93. The number of allylic oxidation sites excluding steroid dienone is 2. The van der Waals surface area contributed by atoms with E-state index >= 15 is 0 Å². The Morgan fingerprint density at radius 2 is 2.11 bits per heavy atom. The highest BCUT2D eigenvalue weighted by atomic mass is 32.1. The van der Waals surface area contributed by atoms with Crippen molar-refractivity contribution < 1.29 is 9.53 Å². The van der Waals surface area contributed by atoms with Gasteiger partial charge in [0, 0.05) is 22.9 Å². The molecule has 136 valence electrons. The number of anilines is 1. The molecule has 2 aliphatic rings. The van der Waals surface area contributed by atoms with Crippen molar-refractivity contribution in [2.75, 3.05) is 12.4 Å². The summed E-state index contributed by atoms with van der Waals surface area (Å²) >= 11 is 1.65. The number of methoxy groups -OCH3 is 1. The first-order valence-electron chi connectivity index (χ1n) is 8.83. The van der Waals surface area contributed by atoms with Crippen molar-refractivity contribution in [2.45, 2.75) is 18.4 Å². The number of hydrogen-bond acceptors (Lipinski definition) is 6. The first kappa shape index (κ1) is 16.3. The number of carbonyl (C=O) groups is 1. The number of fused-ring (bicyclic) bond motifs is 2. The molecule has 2 aromatic heterocycles. The van der Waals surface area contributed by atoms with Gasteiger partial charge in [0.05, 0.1) is 13.0 Å². The molecular weight excluding hydrogens is 360 g/mol. The van der Waals surface area contributed by atoms with Crippen LogP contribution in [0.1, 0.15) is 28.8 Å². The van der Waals surface area contributed by atoms with Crippen LogP contribution in [0.3, 0.4) is 0 Å². The molecule has 3 aromatic rings. The van der Waals surface area contributed by atoms with Gasteiger partial charge in [-0.05, 0) is 29.1 Å². The van der Waals surface area contributed by atoms with Crippen LogP contribution in [-0.2, 0) is 4.79 Å². The molecule has 0 radical (unpaired) electrons. The molecule has 1 aromatic carbocycles. The van der Waals surface area contributed by atoms with Crippen LogP contribution in [0.4, 0.5) is 5.95 Å². The van der Waals surface area contributed by atoms with Gasteiger partial charge in [0.2, 0.25) is 5.95 Å². The monoisotopic (exact) mass is 378 g/mol. The number of ether oxygens (including phenoxy) is 1. The van der Waals surface area contributed by atoms with Gasteiger partial charge in [-0.2, -0.15) is 10.1 Å². The molecule has 0 saturated carbocycles. The summed E-state index contributed by atoms with van der Waals surface area (Å²) < 4.78 is 7.07. The number of aromatic nitrogens is 3. The lowest BCUT2D eigenvalue weighted by Crippen LogP contribution is -2.39. The average molecular weight is 378 g/mol. The van der Waals surface area contributed by atoms with Gasteiger partial charge in [-0.15, -0.1) is 11.3 Å². The average Bonchev–Trinajstić information content (AvgIpc) is 3.38. The predicted octanol–water partition coefficient (Wildman–Crippen LogP) is 3.62. The van der Waals surface area contributed by atoms with Crippen LogP contribution in [-0.4, -0.2) is 27.7 Å². The lowest BCUT2D eigenvalue weighted by Gasteiger charge is -2.37. The first-order chi connectivity index (χ1) is 13.2. The van der Waals surface area contributed by atoms with Crippen molar-refractivity contribution in [3.8, 4) is 5.75 Å². The summed E-state index contributed by atoms with van der Waals surface area (Å²) in [5.74, 6) is 1.50. The molecule has 0 amide bonds. The van der Waals surface area contributed by atoms with E-state index in [2.05, 4.69) is 27.5 Å². The molecule has 3 atom stereocenters. The number of benzene rings is 1. The molecule has 6 nitrogen and oxygen atoms in total. The number of carbonyl (C=O) groups excluding carboxylic acids is 1. The lowest BCUT2D eigenvalue weighted by molar-refractivity contribution is -0.123. The number of rotatable bonds is 3. The quantitative estimate of drug-likeness (QED) is 0.754. The van der Waals surface area contributed by atoms with Crippen molar-refractivity contribution in [2.24, 2.45) is 5.92 Å². The number of hydrogen-bond donors (Lipinski definition) is 1. The Kier molecular flexibility index (Phi) is 3.82. The maximum absolute atomic E-state index is 13.2. The molecule has 3 heterocycles. The summed E-state index contributed by atoms with van der Waals surface area (Å²) in [7, 11) is 1.65. The van der Waals surface area contributed by atoms with E-state index in [-0.39, 0.29) is 23.7 Å². The summed E-state index contributed by atoms with van der Waals surface area (Å²) in [5, 5.41) is 9.74. The number of thiophene rings is 1. The molecule has 0 bridgehead atoms. The Labute approximate surface area is 160 Å². The fraction of sp³-hybridized carbons (Fsp3) is 0.250. The van der Waals surface area contributed by atoms with Gasteiger partial charge in [-0.1, -0.05) is 24.3 Å². The molecular formula is C20H18N4O2S. The van der Waals surface area contributed by atoms with Crippen molar-refractivity contribution in [3.05, 3.63) is 70.3 Å². The molecule has 27 heavy (non-hydrogen) atoms. The molecule has 1 aliphatic carbocycles. The number of nitrogens with zero attached hydrogens (tertiary/aromatic N) is 3. The van der Waals surface area contributed by atoms with Gasteiger partial charge >= 0.3 is 0 Å². The standard InChI is InChI=1S/C20H18N4O2S/c1-26-14-6-4-12(5-7-14)13-9-15-18(16(25)10-13)19(17-3-2-8-27-17)24-20(23-15)21-11-22-24/h2-9,11,13,18-19H,10H2,1H3,(H,21,22,23)/t13-,18-,19-/m1/s1. The summed E-state index contributed by atoms with van der Waals surface area (Å²) in [5.41, 5.74) is 2.03. The lowest BCUT2D eigenvalue weighted by atomic mass is 9.77. The maximum Gasteiger partial charge on any atom is 0.226 e. The minimum atomic E-state index is -0.257. The van der Waals surface area contributed by atoms with Crippen LogP contribution in [0.5, 0.6) is 5.75 Å².